The molecule has 1 N–H and O–H groups in total. The summed E-state index contributed by atoms with van der Waals surface area (Å²) in [5, 5.41) is 0.0800. The van der Waals surface area contributed by atoms with Crippen molar-refractivity contribution in [1.29, 1.82) is 0 Å². The van der Waals surface area contributed by atoms with Crippen LogP contribution in [0.1, 0.15) is 16.7 Å². The van der Waals surface area contributed by atoms with Crippen molar-refractivity contribution in [1.82, 2.24) is 9.62 Å². The number of nitrogens with zero attached hydrogens (tertiary/aromatic N) is 1. The zero-order valence-corrected chi connectivity index (χ0v) is 23.2. The molecule has 0 atom stereocenters. The van der Waals surface area contributed by atoms with Crippen molar-refractivity contribution >= 4 is 54.9 Å². The zero-order chi connectivity index (χ0) is 27.5. The Bertz CT molecular complexity index is 1610. The van der Waals surface area contributed by atoms with Crippen molar-refractivity contribution in [3.8, 4) is 0 Å². The Balaban J connectivity index is 1.40. The third-order valence-corrected chi connectivity index (χ3v) is 10.1. The number of sulfonamides is 1. The number of hydrogen-bond donors (Lipinski definition) is 1. The van der Waals surface area contributed by atoms with E-state index in [1.54, 1.807) is 24.3 Å². The van der Waals surface area contributed by atoms with Gasteiger partial charge in [0, 0.05) is 19.5 Å². The first kappa shape index (κ1) is 28.1. The fourth-order valence-electron chi connectivity index (χ4n) is 4.25. The fourth-order valence-corrected chi connectivity index (χ4v) is 7.57. The molecule has 0 fully saturated rings. The first-order valence-electron chi connectivity index (χ1n) is 11.6. The Labute approximate surface area is 231 Å². The average molecular weight is 596 g/mol. The lowest BCUT2D eigenvalue weighted by Gasteiger charge is -2.20. The zero-order valence-electron chi connectivity index (χ0n) is 20.1. The summed E-state index contributed by atoms with van der Waals surface area (Å²) >= 11 is 12.0. The quantitative estimate of drug-likeness (QED) is 0.440. The minimum absolute atomic E-state index is 0.0119. The highest BCUT2D eigenvalue weighted by molar-refractivity contribution is 7.92. The van der Waals surface area contributed by atoms with E-state index in [1.807, 2.05) is 12.1 Å². The van der Waals surface area contributed by atoms with E-state index in [-0.39, 0.29) is 32.8 Å². The van der Waals surface area contributed by atoms with Gasteiger partial charge in [0.15, 0.2) is 15.6 Å². The van der Waals surface area contributed by atoms with Crippen molar-refractivity contribution in [2.75, 3.05) is 18.8 Å². The van der Waals surface area contributed by atoms with Gasteiger partial charge in [-0.15, -0.1) is 0 Å². The summed E-state index contributed by atoms with van der Waals surface area (Å²) in [4.78, 5) is 26.5. The molecule has 0 saturated heterocycles. The molecule has 0 aliphatic carbocycles. The van der Waals surface area contributed by atoms with Gasteiger partial charge in [0.2, 0.25) is 0 Å². The van der Waals surface area contributed by atoms with Crippen LogP contribution >= 0.6 is 23.2 Å². The number of benzene rings is 3. The highest BCUT2D eigenvalue weighted by Crippen LogP contribution is 2.24. The minimum atomic E-state index is -4.14. The van der Waals surface area contributed by atoms with Crippen molar-refractivity contribution in [2.45, 2.75) is 29.1 Å². The molecule has 1 heterocycles. The number of carbonyl (C=O) groups is 2. The van der Waals surface area contributed by atoms with Crippen LogP contribution in [-0.4, -0.2) is 52.4 Å². The second-order valence-corrected chi connectivity index (χ2v) is 13.3. The topological polar surface area (TPSA) is 118 Å². The lowest BCUT2D eigenvalue weighted by molar-refractivity contribution is -0.116. The molecular weight excluding hydrogens is 571 g/mol. The van der Waals surface area contributed by atoms with E-state index in [1.165, 1.54) is 35.2 Å². The number of fused-ring (bicyclic) bond motifs is 1. The van der Waals surface area contributed by atoms with Crippen molar-refractivity contribution in [3.05, 3.63) is 93.5 Å². The third kappa shape index (κ3) is 6.55. The van der Waals surface area contributed by atoms with Gasteiger partial charge in [-0.3, -0.25) is 4.79 Å². The van der Waals surface area contributed by atoms with Gasteiger partial charge in [0.25, 0.3) is 10.0 Å². The Morgan fingerprint density at radius 2 is 1.37 bits per heavy atom. The summed E-state index contributed by atoms with van der Waals surface area (Å²) in [6.45, 7) is 0.556. The van der Waals surface area contributed by atoms with Crippen LogP contribution in [0.3, 0.4) is 0 Å². The van der Waals surface area contributed by atoms with E-state index in [0.717, 1.165) is 11.1 Å². The van der Waals surface area contributed by atoms with Gasteiger partial charge < -0.3 is 4.90 Å². The van der Waals surface area contributed by atoms with Crippen molar-refractivity contribution in [2.24, 2.45) is 0 Å². The number of halogens is 2. The molecule has 0 unspecified atom stereocenters. The van der Waals surface area contributed by atoms with Gasteiger partial charge >= 0.3 is 6.03 Å². The van der Waals surface area contributed by atoms with Gasteiger partial charge in [-0.05, 0) is 53.8 Å². The van der Waals surface area contributed by atoms with Gasteiger partial charge in [-0.2, -0.15) is 0 Å². The Morgan fingerprint density at radius 1 is 0.789 bits per heavy atom. The number of Topliss-reactive ketones (excluding diaryl/α,β-unsaturated/α-hetero) is 1. The van der Waals surface area contributed by atoms with Gasteiger partial charge in [-0.1, -0.05) is 65.7 Å². The van der Waals surface area contributed by atoms with Crippen molar-refractivity contribution < 1.29 is 26.4 Å². The standard InChI is InChI=1S/C26H24Cl2N2O6S2/c27-22-5-1-3-7-24(22)37(33,34)17-21(31)16-18-9-10-19-11-13-30(14-12-20(19)15-18)26(32)29-38(35,36)25-8-4-2-6-23(25)28/h1-10,15H,11-14,16-17H2,(H,29,32). The lowest BCUT2D eigenvalue weighted by Crippen LogP contribution is -2.44. The molecule has 0 radical (unpaired) electrons. The van der Waals surface area contributed by atoms with E-state index >= 15 is 0 Å². The molecule has 4 rings (SSSR count). The number of rotatable bonds is 7. The second kappa shape index (κ2) is 11.4. The van der Waals surface area contributed by atoms with Crippen LogP contribution in [-0.2, 0) is 43.9 Å². The normalized spacial score (nSPS) is 13.9. The summed E-state index contributed by atoms with van der Waals surface area (Å²) in [7, 11) is -8.02. The number of urea groups is 1. The second-order valence-electron chi connectivity index (χ2n) is 8.84. The van der Waals surface area contributed by atoms with Crippen LogP contribution in [0, 0.1) is 0 Å². The maximum Gasteiger partial charge on any atom is 0.331 e. The van der Waals surface area contributed by atoms with Crippen LogP contribution in [0.15, 0.2) is 76.5 Å². The van der Waals surface area contributed by atoms with Crippen molar-refractivity contribution in [3.63, 3.8) is 0 Å². The van der Waals surface area contributed by atoms with Gasteiger partial charge in [0.05, 0.1) is 14.9 Å². The number of nitrogens with one attached hydrogen (secondary N) is 1. The maximum absolute atomic E-state index is 12.8. The molecular formula is C26H24Cl2N2O6S2. The van der Waals surface area contributed by atoms with Crippen LogP contribution in [0.2, 0.25) is 10.0 Å². The summed E-state index contributed by atoms with van der Waals surface area (Å²) < 4.78 is 52.6. The molecule has 0 spiro atoms. The average Bonchev–Trinajstić information content (AvgIpc) is 3.06. The van der Waals surface area contributed by atoms with Crippen LogP contribution < -0.4 is 4.72 Å². The lowest BCUT2D eigenvalue weighted by atomic mass is 9.98. The van der Waals surface area contributed by atoms with Crippen LogP contribution in [0.5, 0.6) is 0 Å². The Morgan fingerprint density at radius 3 is 2.00 bits per heavy atom. The molecule has 3 aromatic carbocycles. The van der Waals surface area contributed by atoms with Gasteiger partial charge in [-0.25, -0.2) is 26.4 Å². The van der Waals surface area contributed by atoms with E-state index < -0.39 is 37.4 Å². The predicted octanol–water partition coefficient (Wildman–Crippen LogP) is 4.08. The summed E-state index contributed by atoms with van der Waals surface area (Å²) in [5.41, 5.74) is 2.53. The van der Waals surface area contributed by atoms with Gasteiger partial charge in [0.1, 0.15) is 10.6 Å². The molecule has 3 aromatic rings. The molecule has 1 aliphatic rings. The van der Waals surface area contributed by atoms with E-state index in [0.29, 0.717) is 24.9 Å². The number of hydrogen-bond acceptors (Lipinski definition) is 6. The SMILES string of the molecule is O=C(Cc1ccc2c(c1)CCN(C(=O)NS(=O)(=O)c1ccccc1Cl)CC2)CS(=O)(=O)c1ccccc1Cl. The van der Waals surface area contributed by atoms with Crippen LogP contribution in [0.25, 0.3) is 0 Å². The maximum atomic E-state index is 12.8. The Kier molecular flexibility index (Phi) is 8.46. The molecule has 0 aromatic heterocycles. The van der Waals surface area contributed by atoms with E-state index in [2.05, 4.69) is 4.72 Å². The smallest absolute Gasteiger partial charge is 0.323 e. The monoisotopic (exact) mass is 594 g/mol. The Hall–Kier alpha value is -2.92. The molecule has 38 heavy (non-hydrogen) atoms. The highest BCUT2D eigenvalue weighted by Gasteiger charge is 2.26. The molecule has 12 heteroatoms. The minimum Gasteiger partial charge on any atom is -0.323 e. The third-order valence-electron chi connectivity index (χ3n) is 6.13. The van der Waals surface area contributed by atoms with Crippen LogP contribution in [0.4, 0.5) is 4.79 Å². The molecule has 0 bridgehead atoms. The molecule has 200 valence electrons. The molecule has 2 amide bonds. The number of amides is 2. The number of carbonyl (C=O) groups excluding carboxylic acids is 2. The molecule has 0 saturated carbocycles. The number of sulfone groups is 1. The largest absolute Gasteiger partial charge is 0.331 e. The first-order chi connectivity index (χ1) is 18.0. The first-order valence-corrected chi connectivity index (χ1v) is 15.5. The number of ketones is 1. The van der Waals surface area contributed by atoms with E-state index in [4.69, 9.17) is 23.2 Å². The predicted molar refractivity (Wildman–Crippen MR) is 145 cm³/mol. The summed E-state index contributed by atoms with van der Waals surface area (Å²) in [6, 6.07) is 16.5. The van der Waals surface area contributed by atoms with E-state index in [9.17, 15) is 26.4 Å². The summed E-state index contributed by atoms with van der Waals surface area (Å²) in [5.74, 6) is -1.13. The summed E-state index contributed by atoms with van der Waals surface area (Å²) in [6.07, 6.45) is 0.857. The molecule has 8 nitrogen and oxygen atoms in total. The highest BCUT2D eigenvalue weighted by atomic mass is 35.5. The molecule has 1 aliphatic heterocycles. The fraction of sp³-hybridized carbons (Fsp3) is 0.231.